The van der Waals surface area contributed by atoms with Gasteiger partial charge in [0.1, 0.15) is 0 Å². The summed E-state index contributed by atoms with van der Waals surface area (Å²) in [5, 5.41) is 4.86. The minimum absolute atomic E-state index is 0.631. The van der Waals surface area contributed by atoms with Gasteiger partial charge in [-0.25, -0.2) is 15.0 Å². The number of hydrogen-bond donors (Lipinski definition) is 0. The number of hydrogen-bond acceptors (Lipinski definition) is 4. The van der Waals surface area contributed by atoms with E-state index in [0.717, 1.165) is 44.2 Å². The van der Waals surface area contributed by atoms with Gasteiger partial charge in [-0.2, -0.15) is 0 Å². The van der Waals surface area contributed by atoms with Gasteiger partial charge < -0.3 is 0 Å². The number of fused-ring (bicyclic) bond motifs is 4. The number of benzene rings is 9. The van der Waals surface area contributed by atoms with E-state index in [1.54, 1.807) is 0 Å². The van der Waals surface area contributed by atoms with Crippen LogP contribution in [-0.2, 0) is 0 Å². The molecule has 3 nitrogen and oxygen atoms in total. The molecule has 0 bridgehead atoms. The maximum Gasteiger partial charge on any atom is 0.164 e. The lowest BCUT2D eigenvalue weighted by Crippen LogP contribution is -2.00. The maximum absolute atomic E-state index is 5.20. The van der Waals surface area contributed by atoms with Gasteiger partial charge in [-0.1, -0.05) is 200 Å². The number of nitrogens with zero attached hydrogens (tertiary/aromatic N) is 3. The topological polar surface area (TPSA) is 38.7 Å². The summed E-state index contributed by atoms with van der Waals surface area (Å²) in [5.41, 5.74) is 12.2. The molecule has 4 heteroatoms. The molecule has 0 spiro atoms. The van der Waals surface area contributed by atoms with Crippen molar-refractivity contribution in [1.82, 2.24) is 15.0 Å². The first-order valence-corrected chi connectivity index (χ1v) is 20.7. The minimum Gasteiger partial charge on any atom is -0.208 e. The Hall–Kier alpha value is -7.53. The van der Waals surface area contributed by atoms with E-state index in [0.29, 0.717) is 17.5 Å². The maximum atomic E-state index is 5.20. The van der Waals surface area contributed by atoms with Crippen molar-refractivity contribution < 1.29 is 0 Å². The van der Waals surface area contributed by atoms with Gasteiger partial charge in [0.05, 0.1) is 0 Å². The number of rotatable bonds is 7. The van der Waals surface area contributed by atoms with Crippen LogP contribution in [0.5, 0.6) is 0 Å². The zero-order valence-electron chi connectivity index (χ0n) is 32.0. The summed E-state index contributed by atoms with van der Waals surface area (Å²) in [6.45, 7) is 0. The molecule has 0 N–H and O–H groups in total. The van der Waals surface area contributed by atoms with Crippen LogP contribution in [0.2, 0.25) is 0 Å². The predicted octanol–water partition coefficient (Wildman–Crippen LogP) is 15.1. The van der Waals surface area contributed by atoms with Crippen LogP contribution >= 0.6 is 11.3 Å². The summed E-state index contributed by atoms with van der Waals surface area (Å²) in [6, 6.07) is 75.2. The lowest BCUT2D eigenvalue weighted by molar-refractivity contribution is 1.08. The largest absolute Gasteiger partial charge is 0.208 e. The third kappa shape index (κ3) is 6.56. The lowest BCUT2D eigenvalue weighted by Gasteiger charge is -2.13. The molecule has 0 aliphatic heterocycles. The smallest absolute Gasteiger partial charge is 0.164 e. The molecule has 59 heavy (non-hydrogen) atoms. The van der Waals surface area contributed by atoms with Crippen LogP contribution < -0.4 is 0 Å². The highest BCUT2D eigenvalue weighted by Gasteiger charge is 2.16. The fourth-order valence-corrected chi connectivity index (χ4v) is 9.29. The zero-order chi connectivity index (χ0) is 39.1. The number of thiophene rings is 1. The lowest BCUT2D eigenvalue weighted by atomic mass is 9.95. The van der Waals surface area contributed by atoms with Crippen LogP contribution in [0.25, 0.3) is 110 Å². The van der Waals surface area contributed by atoms with Gasteiger partial charge in [0.25, 0.3) is 0 Å². The van der Waals surface area contributed by atoms with Crippen molar-refractivity contribution in [2.75, 3.05) is 0 Å². The molecule has 0 saturated heterocycles. The van der Waals surface area contributed by atoms with E-state index in [1.165, 1.54) is 48.0 Å². The molecule has 0 atom stereocenters. The fraction of sp³-hybridized carbons (Fsp3) is 0. The van der Waals surface area contributed by atoms with Crippen molar-refractivity contribution in [1.29, 1.82) is 0 Å². The van der Waals surface area contributed by atoms with Gasteiger partial charge in [0.15, 0.2) is 17.5 Å². The summed E-state index contributed by atoms with van der Waals surface area (Å²) in [5.74, 6) is 1.90. The average molecular weight is 770 g/mol. The molecule has 11 rings (SSSR count). The van der Waals surface area contributed by atoms with Crippen LogP contribution in [0, 0.1) is 0 Å². The van der Waals surface area contributed by atoms with Crippen LogP contribution in [0.4, 0.5) is 0 Å². The Morgan fingerprint density at radius 1 is 0.237 bits per heavy atom. The quantitative estimate of drug-likeness (QED) is 0.162. The Bertz CT molecular complexity index is 3280. The summed E-state index contributed by atoms with van der Waals surface area (Å²) >= 11 is 1.84. The first-order chi connectivity index (χ1) is 29.2. The number of aromatic nitrogens is 3. The summed E-state index contributed by atoms with van der Waals surface area (Å²) in [7, 11) is 0. The van der Waals surface area contributed by atoms with Gasteiger partial charge in [0.2, 0.25) is 0 Å². The Kier molecular flexibility index (Phi) is 8.68. The predicted molar refractivity (Wildman–Crippen MR) is 248 cm³/mol. The van der Waals surface area contributed by atoms with E-state index >= 15 is 0 Å². The summed E-state index contributed by atoms with van der Waals surface area (Å²) in [4.78, 5) is 15.5. The second-order valence-corrected chi connectivity index (χ2v) is 15.9. The Balaban J connectivity index is 0.990. The first-order valence-electron chi connectivity index (χ1n) is 19.8. The van der Waals surface area contributed by atoms with Gasteiger partial charge >= 0.3 is 0 Å². The van der Waals surface area contributed by atoms with Gasteiger partial charge in [-0.15, -0.1) is 11.3 Å². The van der Waals surface area contributed by atoms with E-state index in [2.05, 4.69) is 206 Å². The highest BCUT2D eigenvalue weighted by Crippen LogP contribution is 2.38. The molecule has 2 heterocycles. The summed E-state index contributed by atoms with van der Waals surface area (Å²) in [6.07, 6.45) is 0. The normalized spacial score (nSPS) is 11.4. The molecule has 0 saturated carbocycles. The second kappa shape index (κ2) is 14.8. The third-order valence-electron chi connectivity index (χ3n) is 11.2. The van der Waals surface area contributed by atoms with Crippen molar-refractivity contribution in [3.8, 4) is 78.7 Å². The van der Waals surface area contributed by atoms with E-state index in [1.807, 2.05) is 17.4 Å². The van der Waals surface area contributed by atoms with Crippen molar-refractivity contribution in [2.45, 2.75) is 0 Å². The van der Waals surface area contributed by atoms with Crippen LogP contribution in [0.15, 0.2) is 212 Å². The molecule has 0 unspecified atom stereocenters. The highest BCUT2D eigenvalue weighted by atomic mass is 32.1. The van der Waals surface area contributed by atoms with Crippen molar-refractivity contribution in [3.05, 3.63) is 212 Å². The van der Waals surface area contributed by atoms with Crippen LogP contribution in [-0.4, -0.2) is 15.0 Å². The monoisotopic (exact) mass is 769 g/mol. The van der Waals surface area contributed by atoms with E-state index in [4.69, 9.17) is 15.0 Å². The molecule has 2 aromatic heterocycles. The van der Waals surface area contributed by atoms with E-state index in [-0.39, 0.29) is 0 Å². The van der Waals surface area contributed by atoms with Gasteiger partial charge in [-0.3, -0.25) is 0 Å². The molecule has 0 radical (unpaired) electrons. The van der Waals surface area contributed by atoms with Crippen LogP contribution in [0.3, 0.4) is 0 Å². The minimum atomic E-state index is 0.631. The first kappa shape index (κ1) is 34.7. The second-order valence-electron chi connectivity index (χ2n) is 14.8. The molecule has 0 aliphatic rings. The van der Waals surface area contributed by atoms with E-state index < -0.39 is 0 Å². The molecule has 276 valence electrons. The zero-order valence-corrected chi connectivity index (χ0v) is 32.8. The van der Waals surface area contributed by atoms with Gasteiger partial charge in [0, 0.05) is 36.9 Å². The SMILES string of the molecule is c1ccc(-c2ccc(-c3ccc(-c4nc(-c5ccc(-c6ccc7c(c6)sc6ccccc67)cc5)nc(-c5cccc6c(-c7ccccc7)cccc56)n4)cc3)cc2)cc1. The summed E-state index contributed by atoms with van der Waals surface area (Å²) < 4.78 is 2.60. The van der Waals surface area contributed by atoms with Crippen molar-refractivity contribution in [2.24, 2.45) is 0 Å². The molecule has 9 aromatic carbocycles. The molecular formula is C55H35N3S. The highest BCUT2D eigenvalue weighted by molar-refractivity contribution is 7.25. The molecule has 0 fully saturated rings. The molecule has 0 amide bonds. The van der Waals surface area contributed by atoms with Gasteiger partial charge in [-0.05, 0) is 67.4 Å². The Labute approximate surface area is 346 Å². The third-order valence-corrected chi connectivity index (χ3v) is 12.3. The standard InChI is InChI=1S/C55H35N3S/c1-3-11-36(12-4-1)37-21-23-38(24-22-37)39-25-29-42(30-26-39)53-56-54(43-31-27-40(28-32-43)44-33-34-49-48-15-7-8-20-51(48)59-52(49)35-44)58-55(57-53)50-19-10-17-46-45(16-9-18-47(46)50)41-13-5-2-6-14-41/h1-35H. The molecule has 0 aliphatic carbocycles. The fourth-order valence-electron chi connectivity index (χ4n) is 8.14. The molecule has 11 aromatic rings. The van der Waals surface area contributed by atoms with Crippen LogP contribution in [0.1, 0.15) is 0 Å². The van der Waals surface area contributed by atoms with Crippen molar-refractivity contribution in [3.63, 3.8) is 0 Å². The van der Waals surface area contributed by atoms with Crippen molar-refractivity contribution >= 4 is 42.3 Å². The van der Waals surface area contributed by atoms with E-state index in [9.17, 15) is 0 Å². The Morgan fingerprint density at radius 2 is 0.644 bits per heavy atom. The molecular weight excluding hydrogens is 735 g/mol. The Morgan fingerprint density at radius 3 is 1.25 bits per heavy atom. The average Bonchev–Trinajstić information content (AvgIpc) is 3.70.